The maximum Gasteiger partial charge on any atom is 0.233 e. The van der Waals surface area contributed by atoms with Crippen molar-refractivity contribution in [3.8, 4) is 0 Å². The maximum atomic E-state index is 10.3. The molecule has 0 aliphatic heterocycles. The zero-order valence-corrected chi connectivity index (χ0v) is 10.6. The van der Waals surface area contributed by atoms with Crippen LogP contribution in [0, 0.1) is 0 Å². The summed E-state index contributed by atoms with van der Waals surface area (Å²) in [6, 6.07) is 7.68. The van der Waals surface area contributed by atoms with Crippen molar-refractivity contribution in [3.63, 3.8) is 0 Å². The largest absolute Gasteiger partial charge is 0.285 e. The van der Waals surface area contributed by atoms with Gasteiger partial charge in [-0.25, -0.2) is 0 Å². The summed E-state index contributed by atoms with van der Waals surface area (Å²) >= 11 is 3.54. The van der Waals surface area contributed by atoms with Crippen LogP contribution in [0.25, 0.3) is 0 Å². The third-order valence-electron chi connectivity index (χ3n) is 2.39. The van der Waals surface area contributed by atoms with Crippen LogP contribution >= 0.6 is 15.9 Å². The van der Waals surface area contributed by atoms with E-state index in [-0.39, 0.29) is 0 Å². The fourth-order valence-electron chi connectivity index (χ4n) is 1.49. The lowest BCUT2D eigenvalue weighted by atomic mass is 10.1. The van der Waals surface area contributed by atoms with Crippen LogP contribution in [0.5, 0.6) is 0 Å². The second-order valence-corrected chi connectivity index (χ2v) is 5.39. The Morgan fingerprint density at radius 3 is 2.47 bits per heavy atom. The highest BCUT2D eigenvalue weighted by Gasteiger charge is 1.97. The lowest BCUT2D eigenvalue weighted by Gasteiger charge is -2.03. The molecule has 0 aromatic heterocycles. The van der Waals surface area contributed by atoms with Crippen LogP contribution in [0.3, 0.4) is 0 Å². The van der Waals surface area contributed by atoms with Gasteiger partial charge in [-0.15, -0.1) is 0 Å². The van der Waals surface area contributed by atoms with Crippen LogP contribution in [-0.2, 0) is 11.2 Å². The standard InChI is InChI=1S/C13H16BrO/c1-11(14)4-2-3-5-12-6-8-13(10-15)9-7-12/h6-9,11H,2-5H2,1H3. The van der Waals surface area contributed by atoms with E-state index >= 15 is 0 Å². The Morgan fingerprint density at radius 1 is 1.27 bits per heavy atom. The van der Waals surface area contributed by atoms with Crippen molar-refractivity contribution in [2.24, 2.45) is 0 Å². The molecule has 0 bridgehead atoms. The van der Waals surface area contributed by atoms with Crippen molar-refractivity contribution in [1.82, 2.24) is 0 Å². The van der Waals surface area contributed by atoms with E-state index in [4.69, 9.17) is 0 Å². The molecule has 0 saturated heterocycles. The van der Waals surface area contributed by atoms with Crippen molar-refractivity contribution in [3.05, 3.63) is 35.4 Å². The van der Waals surface area contributed by atoms with Gasteiger partial charge in [0.2, 0.25) is 6.29 Å². The normalized spacial score (nSPS) is 12.4. The molecule has 0 heterocycles. The van der Waals surface area contributed by atoms with Crippen LogP contribution in [0.4, 0.5) is 0 Å². The zero-order valence-electron chi connectivity index (χ0n) is 9.00. The highest BCUT2D eigenvalue weighted by Crippen LogP contribution is 2.12. The van der Waals surface area contributed by atoms with Crippen LogP contribution in [0.15, 0.2) is 24.3 Å². The number of carbonyl (C=O) groups excluding carboxylic acids is 1. The molecule has 1 unspecified atom stereocenters. The van der Waals surface area contributed by atoms with Gasteiger partial charge < -0.3 is 0 Å². The van der Waals surface area contributed by atoms with Crippen LogP contribution in [0.2, 0.25) is 0 Å². The van der Waals surface area contributed by atoms with Gasteiger partial charge >= 0.3 is 0 Å². The van der Waals surface area contributed by atoms with Gasteiger partial charge in [-0.2, -0.15) is 0 Å². The van der Waals surface area contributed by atoms with Gasteiger partial charge in [0.05, 0.1) is 0 Å². The second-order valence-electron chi connectivity index (χ2n) is 3.83. The van der Waals surface area contributed by atoms with Gasteiger partial charge in [-0.05, 0) is 24.8 Å². The minimum atomic E-state index is 0.615. The van der Waals surface area contributed by atoms with Crippen molar-refractivity contribution in [1.29, 1.82) is 0 Å². The Balaban J connectivity index is 2.28. The fourth-order valence-corrected chi connectivity index (χ4v) is 1.82. The van der Waals surface area contributed by atoms with Crippen LogP contribution in [-0.4, -0.2) is 11.1 Å². The molecule has 1 atom stereocenters. The molecule has 1 nitrogen and oxygen atoms in total. The molecule has 15 heavy (non-hydrogen) atoms. The summed E-state index contributed by atoms with van der Waals surface area (Å²) < 4.78 is 0. The molecule has 81 valence electrons. The Hall–Kier alpha value is -0.630. The highest BCUT2D eigenvalue weighted by molar-refractivity contribution is 9.09. The molecular formula is C13H16BrO. The number of rotatable bonds is 6. The van der Waals surface area contributed by atoms with Gasteiger partial charge in [-0.3, -0.25) is 4.79 Å². The molecule has 2 heteroatoms. The van der Waals surface area contributed by atoms with E-state index in [1.54, 1.807) is 0 Å². The molecule has 1 aromatic rings. The maximum absolute atomic E-state index is 10.3. The third kappa shape index (κ3) is 5.12. The summed E-state index contributed by atoms with van der Waals surface area (Å²) in [5.41, 5.74) is 1.93. The minimum Gasteiger partial charge on any atom is -0.285 e. The average molecular weight is 268 g/mol. The van der Waals surface area contributed by atoms with E-state index < -0.39 is 0 Å². The average Bonchev–Trinajstić information content (AvgIpc) is 2.25. The summed E-state index contributed by atoms with van der Waals surface area (Å²) in [7, 11) is 0. The topological polar surface area (TPSA) is 17.1 Å². The molecule has 0 spiro atoms. The van der Waals surface area contributed by atoms with Gasteiger partial charge in [0, 0.05) is 10.4 Å². The Kier molecular flexibility index (Phi) is 5.62. The highest BCUT2D eigenvalue weighted by atomic mass is 79.9. The fraction of sp³-hybridized carbons (Fsp3) is 0.462. The van der Waals surface area contributed by atoms with Gasteiger partial charge in [0.1, 0.15) is 0 Å². The Labute approximate surface area is 100 Å². The molecule has 0 fully saturated rings. The number of aryl methyl sites for hydroxylation is 1. The third-order valence-corrected chi connectivity index (χ3v) is 2.85. The summed E-state index contributed by atoms with van der Waals surface area (Å²) in [5.74, 6) is 0. The number of halogens is 1. The molecule has 1 aromatic carbocycles. The number of unbranched alkanes of at least 4 members (excludes halogenated alkanes) is 1. The number of hydrogen-bond acceptors (Lipinski definition) is 1. The first kappa shape index (κ1) is 12.4. The van der Waals surface area contributed by atoms with Crippen LogP contribution < -0.4 is 0 Å². The second kappa shape index (κ2) is 6.78. The molecule has 0 aliphatic carbocycles. The first-order valence-electron chi connectivity index (χ1n) is 5.33. The first-order valence-corrected chi connectivity index (χ1v) is 6.25. The Bertz CT molecular complexity index is 290. The monoisotopic (exact) mass is 267 g/mol. The number of benzene rings is 1. The quantitative estimate of drug-likeness (QED) is 0.568. The predicted molar refractivity (Wildman–Crippen MR) is 67.2 cm³/mol. The number of alkyl halides is 1. The molecular weight excluding hydrogens is 252 g/mol. The van der Waals surface area contributed by atoms with Gasteiger partial charge in [0.15, 0.2) is 0 Å². The van der Waals surface area contributed by atoms with E-state index in [1.165, 1.54) is 24.8 Å². The first-order chi connectivity index (χ1) is 7.22. The summed E-state index contributed by atoms with van der Waals surface area (Å²) in [6.07, 6.45) is 6.65. The Morgan fingerprint density at radius 2 is 1.93 bits per heavy atom. The zero-order chi connectivity index (χ0) is 11.1. The predicted octanol–water partition coefficient (Wildman–Crippen LogP) is 3.64. The SMILES string of the molecule is CC(Br)CCCCc1ccc([C]=O)cc1. The van der Waals surface area contributed by atoms with Crippen molar-refractivity contribution in [2.45, 2.75) is 37.4 Å². The van der Waals surface area contributed by atoms with Crippen molar-refractivity contribution in [2.75, 3.05) is 0 Å². The van der Waals surface area contributed by atoms with Crippen LogP contribution in [0.1, 0.15) is 37.3 Å². The molecule has 1 rings (SSSR count). The number of hydrogen-bond donors (Lipinski definition) is 0. The smallest absolute Gasteiger partial charge is 0.233 e. The lowest BCUT2D eigenvalue weighted by Crippen LogP contribution is -1.92. The van der Waals surface area contributed by atoms with Crippen molar-refractivity contribution < 1.29 is 4.79 Å². The summed E-state index contributed by atoms with van der Waals surface area (Å²) in [6.45, 7) is 2.18. The lowest BCUT2D eigenvalue weighted by molar-refractivity contribution is 0.562. The molecule has 0 saturated carbocycles. The molecule has 0 amide bonds. The van der Waals surface area contributed by atoms with E-state index in [0.717, 1.165) is 6.42 Å². The summed E-state index contributed by atoms with van der Waals surface area (Å²) in [4.78, 5) is 10.9. The van der Waals surface area contributed by atoms with Gasteiger partial charge in [0.25, 0.3) is 0 Å². The molecule has 0 aliphatic rings. The van der Waals surface area contributed by atoms with E-state index in [1.807, 2.05) is 30.6 Å². The van der Waals surface area contributed by atoms with Gasteiger partial charge in [-0.1, -0.05) is 53.5 Å². The van der Waals surface area contributed by atoms with E-state index in [0.29, 0.717) is 10.4 Å². The minimum absolute atomic E-state index is 0.615. The molecule has 0 N–H and O–H groups in total. The van der Waals surface area contributed by atoms with E-state index in [9.17, 15) is 4.79 Å². The van der Waals surface area contributed by atoms with E-state index in [2.05, 4.69) is 22.9 Å². The molecule has 1 radical (unpaired) electrons. The summed E-state index contributed by atoms with van der Waals surface area (Å²) in [5, 5.41) is 0. The van der Waals surface area contributed by atoms with Crippen molar-refractivity contribution >= 4 is 22.2 Å².